The second-order valence-electron chi connectivity index (χ2n) is 9.11. The van der Waals surface area contributed by atoms with Crippen molar-refractivity contribution in [3.63, 3.8) is 0 Å². The molecule has 0 aromatic heterocycles. The first-order valence-corrected chi connectivity index (χ1v) is 11.5. The fourth-order valence-corrected chi connectivity index (χ4v) is 5.33. The van der Waals surface area contributed by atoms with E-state index in [0.717, 1.165) is 43.8 Å². The van der Waals surface area contributed by atoms with Gasteiger partial charge in [-0.05, 0) is 43.6 Å². The molecule has 3 aliphatic rings. The van der Waals surface area contributed by atoms with Gasteiger partial charge in [0.15, 0.2) is 0 Å². The summed E-state index contributed by atoms with van der Waals surface area (Å²) in [5, 5.41) is 21.1. The highest BCUT2D eigenvalue weighted by Gasteiger charge is 2.47. The van der Waals surface area contributed by atoms with E-state index in [1.165, 1.54) is 26.4 Å². The Labute approximate surface area is 175 Å². The van der Waals surface area contributed by atoms with Crippen molar-refractivity contribution in [3.05, 3.63) is 24.0 Å². The zero-order chi connectivity index (χ0) is 20.8. The lowest BCUT2D eigenvalue weighted by Gasteiger charge is -2.30. The summed E-state index contributed by atoms with van der Waals surface area (Å²) in [7, 11) is 1.41. The molecular formula is C24H38O5. The van der Waals surface area contributed by atoms with Crippen LogP contribution in [0, 0.1) is 23.7 Å². The molecule has 29 heavy (non-hydrogen) atoms. The molecule has 0 aromatic rings. The molecule has 0 bridgehead atoms. The number of carbonyl (C=O) groups is 1. The third kappa shape index (κ3) is 5.85. The summed E-state index contributed by atoms with van der Waals surface area (Å²) in [6, 6.07) is 0. The quantitative estimate of drug-likeness (QED) is 0.360. The van der Waals surface area contributed by atoms with Crippen molar-refractivity contribution in [2.45, 2.75) is 89.4 Å². The van der Waals surface area contributed by atoms with E-state index in [-0.39, 0.29) is 23.9 Å². The second-order valence-corrected chi connectivity index (χ2v) is 9.11. The summed E-state index contributed by atoms with van der Waals surface area (Å²) in [4.78, 5) is 11.2. The highest BCUT2D eigenvalue weighted by Crippen LogP contribution is 2.45. The molecule has 1 aliphatic heterocycles. The molecule has 0 amide bonds. The van der Waals surface area contributed by atoms with Crippen LogP contribution in [0.1, 0.15) is 71.1 Å². The zero-order valence-corrected chi connectivity index (χ0v) is 18.0. The van der Waals surface area contributed by atoms with Gasteiger partial charge >= 0.3 is 5.97 Å². The predicted octanol–water partition coefficient (Wildman–Crippen LogP) is 4.13. The molecule has 2 N–H and O–H groups in total. The monoisotopic (exact) mass is 406 g/mol. The van der Waals surface area contributed by atoms with Crippen LogP contribution >= 0.6 is 0 Å². The number of hydrogen-bond acceptors (Lipinski definition) is 5. The SMILES string of the molecule is CCC1CCC([C@H](O)/C=C/[C@@H]2[C@H]3C/C(=C/CCCC(=O)OC)O[C@@H]3C[C@H]2O)CC1. The van der Waals surface area contributed by atoms with Gasteiger partial charge < -0.3 is 19.7 Å². The summed E-state index contributed by atoms with van der Waals surface area (Å²) in [5.74, 6) is 2.30. The predicted molar refractivity (Wildman–Crippen MR) is 112 cm³/mol. The number of carbonyl (C=O) groups excluding carboxylic acids is 1. The third-order valence-electron chi connectivity index (χ3n) is 7.30. The van der Waals surface area contributed by atoms with Gasteiger partial charge in [0.05, 0.1) is 25.1 Å². The maximum Gasteiger partial charge on any atom is 0.305 e. The number of methoxy groups -OCH3 is 1. The van der Waals surface area contributed by atoms with Crippen LogP contribution in [0.4, 0.5) is 0 Å². The van der Waals surface area contributed by atoms with Crippen LogP contribution in [0.15, 0.2) is 24.0 Å². The first-order valence-electron chi connectivity index (χ1n) is 11.5. The number of allylic oxidation sites excluding steroid dienone is 2. The minimum absolute atomic E-state index is 0.0441. The van der Waals surface area contributed by atoms with Crippen LogP contribution in [-0.2, 0) is 14.3 Å². The maximum absolute atomic E-state index is 11.2. The van der Waals surface area contributed by atoms with E-state index in [1.807, 2.05) is 6.08 Å². The van der Waals surface area contributed by atoms with Crippen LogP contribution in [0.5, 0.6) is 0 Å². The van der Waals surface area contributed by atoms with Crippen molar-refractivity contribution >= 4 is 5.97 Å². The Bertz CT molecular complexity index is 590. The third-order valence-corrected chi connectivity index (χ3v) is 7.30. The van der Waals surface area contributed by atoms with E-state index in [4.69, 9.17) is 4.74 Å². The zero-order valence-electron chi connectivity index (χ0n) is 18.0. The highest BCUT2D eigenvalue weighted by molar-refractivity contribution is 5.69. The molecule has 3 fully saturated rings. The van der Waals surface area contributed by atoms with Gasteiger partial charge in [0.25, 0.3) is 0 Å². The van der Waals surface area contributed by atoms with Crippen LogP contribution in [0.3, 0.4) is 0 Å². The van der Waals surface area contributed by atoms with Crippen molar-refractivity contribution in [3.8, 4) is 0 Å². The van der Waals surface area contributed by atoms with Gasteiger partial charge in [0.2, 0.25) is 0 Å². The van der Waals surface area contributed by atoms with Crippen LogP contribution in [-0.4, -0.2) is 41.6 Å². The van der Waals surface area contributed by atoms with E-state index in [0.29, 0.717) is 18.8 Å². The molecule has 0 unspecified atom stereocenters. The molecule has 164 valence electrons. The normalized spacial score (nSPS) is 36.9. The molecule has 0 aromatic carbocycles. The molecule has 1 saturated heterocycles. The van der Waals surface area contributed by atoms with Crippen molar-refractivity contribution in [2.75, 3.05) is 7.11 Å². The Balaban J connectivity index is 1.49. The van der Waals surface area contributed by atoms with Crippen LogP contribution in [0.2, 0.25) is 0 Å². The van der Waals surface area contributed by atoms with Crippen LogP contribution in [0.25, 0.3) is 0 Å². The largest absolute Gasteiger partial charge is 0.495 e. The second kappa shape index (κ2) is 10.6. The van der Waals surface area contributed by atoms with E-state index in [2.05, 4.69) is 23.8 Å². The maximum atomic E-state index is 11.2. The number of ether oxygens (including phenoxy) is 2. The van der Waals surface area contributed by atoms with Gasteiger partial charge in [0, 0.05) is 31.1 Å². The number of fused-ring (bicyclic) bond motifs is 1. The van der Waals surface area contributed by atoms with Gasteiger partial charge in [-0.15, -0.1) is 0 Å². The lowest BCUT2D eigenvalue weighted by atomic mass is 9.78. The van der Waals surface area contributed by atoms with Crippen molar-refractivity contribution in [1.29, 1.82) is 0 Å². The molecular weight excluding hydrogens is 368 g/mol. The van der Waals surface area contributed by atoms with Gasteiger partial charge in [-0.2, -0.15) is 0 Å². The molecule has 5 nitrogen and oxygen atoms in total. The topological polar surface area (TPSA) is 76.0 Å². The van der Waals surface area contributed by atoms with E-state index < -0.39 is 12.2 Å². The average Bonchev–Trinajstić information content (AvgIpc) is 3.25. The molecule has 5 heteroatoms. The van der Waals surface area contributed by atoms with E-state index in [9.17, 15) is 15.0 Å². The summed E-state index contributed by atoms with van der Waals surface area (Å²) >= 11 is 0. The van der Waals surface area contributed by atoms with Gasteiger partial charge in [-0.1, -0.05) is 38.3 Å². The number of esters is 1. The fraction of sp³-hybridized carbons (Fsp3) is 0.792. The first kappa shape index (κ1) is 22.4. The van der Waals surface area contributed by atoms with Gasteiger partial charge in [-0.25, -0.2) is 0 Å². The van der Waals surface area contributed by atoms with Crippen molar-refractivity contribution in [2.24, 2.45) is 23.7 Å². The molecule has 1 heterocycles. The molecule has 0 spiro atoms. The number of hydrogen-bond donors (Lipinski definition) is 2. The highest BCUT2D eigenvalue weighted by atomic mass is 16.5. The standard InChI is InChI=1S/C24H38O5/c1-3-16-8-10-17(11-9-16)21(25)13-12-19-20-14-18(29-23(20)15-22(19)26)6-4-5-7-24(27)28-2/h6,12-13,16-17,19-23,25-26H,3-5,7-11,14-15H2,1-2H3/b13-12+,18-6-/t16?,17?,19-,20-,21-,22-,23-/m1/s1. The summed E-state index contributed by atoms with van der Waals surface area (Å²) in [6.07, 6.45) is 14.7. The minimum atomic E-state index is -0.408. The summed E-state index contributed by atoms with van der Waals surface area (Å²) in [5.41, 5.74) is 0. The Kier molecular flexibility index (Phi) is 8.19. The Morgan fingerprint density at radius 3 is 2.76 bits per heavy atom. The lowest BCUT2D eigenvalue weighted by molar-refractivity contribution is -0.140. The number of aliphatic hydroxyl groups is 2. The molecule has 3 rings (SSSR count). The summed E-state index contributed by atoms with van der Waals surface area (Å²) in [6.45, 7) is 2.25. The summed E-state index contributed by atoms with van der Waals surface area (Å²) < 4.78 is 10.7. The smallest absolute Gasteiger partial charge is 0.305 e. The number of aliphatic hydroxyl groups excluding tert-OH is 2. The van der Waals surface area contributed by atoms with E-state index >= 15 is 0 Å². The molecule has 0 radical (unpaired) electrons. The molecule has 2 saturated carbocycles. The Morgan fingerprint density at radius 2 is 2.07 bits per heavy atom. The molecule has 2 aliphatic carbocycles. The number of unbranched alkanes of at least 4 members (excludes halogenated alkanes) is 1. The average molecular weight is 407 g/mol. The van der Waals surface area contributed by atoms with Crippen molar-refractivity contribution in [1.82, 2.24) is 0 Å². The number of rotatable bonds is 8. The lowest BCUT2D eigenvalue weighted by Crippen LogP contribution is -2.25. The fourth-order valence-electron chi connectivity index (χ4n) is 5.33. The molecule has 5 atom stereocenters. The van der Waals surface area contributed by atoms with Gasteiger partial charge in [0.1, 0.15) is 6.10 Å². The van der Waals surface area contributed by atoms with Gasteiger partial charge in [-0.3, -0.25) is 4.79 Å². The Hall–Kier alpha value is -1.33. The van der Waals surface area contributed by atoms with E-state index in [1.54, 1.807) is 0 Å². The van der Waals surface area contributed by atoms with Crippen molar-refractivity contribution < 1.29 is 24.5 Å². The Morgan fingerprint density at radius 1 is 1.31 bits per heavy atom. The minimum Gasteiger partial charge on any atom is -0.495 e. The van der Waals surface area contributed by atoms with Crippen LogP contribution < -0.4 is 0 Å². The first-order chi connectivity index (χ1) is 14.0.